The van der Waals surface area contributed by atoms with Crippen LogP contribution in [0.4, 0.5) is 0 Å². The summed E-state index contributed by atoms with van der Waals surface area (Å²) in [6.45, 7) is 0. The van der Waals surface area contributed by atoms with Crippen molar-refractivity contribution >= 4 is 43.2 Å². The minimum atomic E-state index is 1.77. The van der Waals surface area contributed by atoms with Crippen molar-refractivity contribution in [1.82, 2.24) is 0 Å². The zero-order valence-electron chi connectivity index (χ0n) is 5.63. The molecule has 0 aromatic rings. The van der Waals surface area contributed by atoms with Crippen molar-refractivity contribution in [3.8, 4) is 0 Å². The SMILES string of the molecule is CSSC.CSSC. The topological polar surface area (TPSA) is 0 Å². The third kappa shape index (κ3) is 26.2. The monoisotopic (exact) mass is 188 g/mol. The molecule has 0 aromatic heterocycles. The van der Waals surface area contributed by atoms with Crippen LogP contribution in [0.5, 0.6) is 0 Å². The van der Waals surface area contributed by atoms with Crippen LogP contribution in [0.15, 0.2) is 0 Å². The highest BCUT2D eigenvalue weighted by Crippen LogP contribution is 2.09. The van der Waals surface area contributed by atoms with E-state index in [4.69, 9.17) is 0 Å². The largest absolute Gasteiger partial charge is 0.0979 e. The maximum Gasteiger partial charge on any atom is -0.00793 e. The van der Waals surface area contributed by atoms with Crippen molar-refractivity contribution in [2.75, 3.05) is 25.0 Å². The van der Waals surface area contributed by atoms with E-state index in [1.54, 1.807) is 43.2 Å². The highest BCUT2D eigenvalue weighted by molar-refractivity contribution is 8.76. The Morgan fingerprint density at radius 3 is 0.625 bits per heavy atom. The van der Waals surface area contributed by atoms with Crippen molar-refractivity contribution in [3.63, 3.8) is 0 Å². The molecular formula is C4H12S4. The zero-order chi connectivity index (χ0) is 6.83. The summed E-state index contributed by atoms with van der Waals surface area (Å²) in [5.41, 5.74) is 0. The van der Waals surface area contributed by atoms with Crippen LogP contribution in [0, 0.1) is 0 Å². The minimum absolute atomic E-state index is 1.77. The highest BCUT2D eigenvalue weighted by Gasteiger charge is 1.55. The fraction of sp³-hybridized carbons (Fsp3) is 1.00. The lowest BCUT2D eigenvalue weighted by Gasteiger charge is -1.69. The predicted molar refractivity (Wildman–Crippen MR) is 54.1 cm³/mol. The second kappa shape index (κ2) is 15.8. The summed E-state index contributed by atoms with van der Waals surface area (Å²) in [5, 5.41) is 0. The van der Waals surface area contributed by atoms with Gasteiger partial charge in [0.05, 0.1) is 0 Å². The van der Waals surface area contributed by atoms with E-state index in [-0.39, 0.29) is 0 Å². The van der Waals surface area contributed by atoms with Crippen molar-refractivity contribution in [1.29, 1.82) is 0 Å². The van der Waals surface area contributed by atoms with E-state index in [0.717, 1.165) is 0 Å². The first kappa shape index (κ1) is 12.1. The van der Waals surface area contributed by atoms with Crippen molar-refractivity contribution in [2.24, 2.45) is 0 Å². The molecule has 0 rings (SSSR count). The van der Waals surface area contributed by atoms with E-state index in [1.165, 1.54) is 0 Å². The number of rotatable bonds is 2. The van der Waals surface area contributed by atoms with Gasteiger partial charge in [0.15, 0.2) is 0 Å². The summed E-state index contributed by atoms with van der Waals surface area (Å²) in [7, 11) is 7.09. The molecule has 0 aromatic carbocycles. The Morgan fingerprint density at radius 2 is 0.625 bits per heavy atom. The quantitative estimate of drug-likeness (QED) is 0.610. The summed E-state index contributed by atoms with van der Waals surface area (Å²) in [5.74, 6) is 0. The van der Waals surface area contributed by atoms with Crippen molar-refractivity contribution < 1.29 is 0 Å². The van der Waals surface area contributed by atoms with Crippen LogP contribution in [-0.2, 0) is 0 Å². The maximum atomic E-state index is 2.06. The fourth-order valence-electron chi connectivity index (χ4n) is 0. The predicted octanol–water partition coefficient (Wildman–Crippen LogP) is 3.25. The summed E-state index contributed by atoms with van der Waals surface area (Å²) < 4.78 is 0. The molecule has 0 heterocycles. The third-order valence-electron chi connectivity index (χ3n) is 0.333. The molecule has 0 fully saturated rings. The van der Waals surface area contributed by atoms with Crippen LogP contribution >= 0.6 is 43.2 Å². The standard InChI is InChI=1S/2C2H6S2/c2*1-3-4-2/h2*1-2H3. The lowest BCUT2D eigenvalue weighted by atomic mass is 12.0. The second-order valence-corrected chi connectivity index (χ2v) is 6.00. The van der Waals surface area contributed by atoms with Gasteiger partial charge in [-0.2, -0.15) is 0 Å². The van der Waals surface area contributed by atoms with Gasteiger partial charge in [0.2, 0.25) is 0 Å². The van der Waals surface area contributed by atoms with Crippen LogP contribution in [-0.4, -0.2) is 25.0 Å². The van der Waals surface area contributed by atoms with E-state index in [1.807, 2.05) is 0 Å². The number of hydrogen-bond acceptors (Lipinski definition) is 4. The first-order chi connectivity index (χ1) is 3.83. The van der Waals surface area contributed by atoms with Crippen LogP contribution in [0.25, 0.3) is 0 Å². The van der Waals surface area contributed by atoms with Crippen LogP contribution in [0.3, 0.4) is 0 Å². The Labute approximate surface area is 68.1 Å². The Hall–Kier alpha value is 1.40. The van der Waals surface area contributed by atoms with Gasteiger partial charge in [0, 0.05) is 0 Å². The highest BCUT2D eigenvalue weighted by atomic mass is 33.1. The van der Waals surface area contributed by atoms with Gasteiger partial charge in [0.1, 0.15) is 0 Å². The van der Waals surface area contributed by atoms with E-state index in [2.05, 4.69) is 25.0 Å². The minimum Gasteiger partial charge on any atom is -0.0979 e. The molecule has 0 aliphatic carbocycles. The molecule has 0 aliphatic heterocycles. The summed E-state index contributed by atoms with van der Waals surface area (Å²) in [6.07, 6.45) is 8.24. The average Bonchev–Trinajstić information content (AvgIpc) is 1.88. The lowest BCUT2D eigenvalue weighted by molar-refractivity contribution is 2.51. The van der Waals surface area contributed by atoms with Gasteiger partial charge in [-0.05, 0) is 25.0 Å². The van der Waals surface area contributed by atoms with Gasteiger partial charge >= 0.3 is 0 Å². The molecule has 0 saturated heterocycles. The van der Waals surface area contributed by atoms with E-state index in [9.17, 15) is 0 Å². The molecule has 0 N–H and O–H groups in total. The molecule has 0 nitrogen and oxygen atoms in total. The fourth-order valence-corrected chi connectivity index (χ4v) is 0. The lowest BCUT2D eigenvalue weighted by Crippen LogP contribution is -1.28. The molecule has 0 saturated carbocycles. The molecule has 0 bridgehead atoms. The molecule has 0 amide bonds. The molecule has 4 heteroatoms. The van der Waals surface area contributed by atoms with Gasteiger partial charge in [-0.25, -0.2) is 0 Å². The Kier molecular flexibility index (Phi) is 23.9. The smallest absolute Gasteiger partial charge is 0.00793 e. The summed E-state index contributed by atoms with van der Waals surface area (Å²) in [6, 6.07) is 0. The van der Waals surface area contributed by atoms with Crippen LogP contribution in [0.2, 0.25) is 0 Å². The Morgan fingerprint density at radius 1 is 0.500 bits per heavy atom. The molecule has 52 valence electrons. The summed E-state index contributed by atoms with van der Waals surface area (Å²) in [4.78, 5) is 0. The van der Waals surface area contributed by atoms with Crippen LogP contribution < -0.4 is 0 Å². The molecule has 0 spiro atoms. The van der Waals surface area contributed by atoms with Crippen LogP contribution in [0.1, 0.15) is 0 Å². The van der Waals surface area contributed by atoms with Gasteiger partial charge in [-0.1, -0.05) is 43.2 Å². The van der Waals surface area contributed by atoms with E-state index in [0.29, 0.717) is 0 Å². The maximum absolute atomic E-state index is 2.06. The van der Waals surface area contributed by atoms with E-state index < -0.39 is 0 Å². The van der Waals surface area contributed by atoms with Gasteiger partial charge < -0.3 is 0 Å². The molecule has 0 unspecified atom stereocenters. The molecule has 0 aliphatic rings. The van der Waals surface area contributed by atoms with Gasteiger partial charge in [0.25, 0.3) is 0 Å². The van der Waals surface area contributed by atoms with Gasteiger partial charge in [-0.3, -0.25) is 0 Å². The zero-order valence-corrected chi connectivity index (χ0v) is 8.90. The Balaban J connectivity index is 0. The first-order valence-corrected chi connectivity index (χ1v) is 7.90. The third-order valence-corrected chi connectivity index (χ3v) is 3.00. The molecule has 0 atom stereocenters. The second-order valence-electron chi connectivity index (χ2n) is 0.667. The number of hydrogen-bond donors (Lipinski definition) is 0. The normalized spacial score (nSPS) is 7.50. The molecule has 0 radical (unpaired) electrons. The average molecular weight is 188 g/mol. The Bertz CT molecular complexity index is 16.0. The van der Waals surface area contributed by atoms with Crippen molar-refractivity contribution in [3.05, 3.63) is 0 Å². The van der Waals surface area contributed by atoms with E-state index >= 15 is 0 Å². The molecular weight excluding hydrogens is 176 g/mol. The summed E-state index contributed by atoms with van der Waals surface area (Å²) >= 11 is 0. The first-order valence-electron chi connectivity index (χ1n) is 1.97. The van der Waals surface area contributed by atoms with Gasteiger partial charge in [-0.15, -0.1) is 0 Å². The van der Waals surface area contributed by atoms with Crippen molar-refractivity contribution in [2.45, 2.75) is 0 Å². The molecule has 8 heavy (non-hydrogen) atoms.